The molecule has 2 heteroatoms. The first-order valence-corrected chi connectivity index (χ1v) is 10.2. The van der Waals surface area contributed by atoms with Crippen LogP contribution in [0.25, 0.3) is 0 Å². The maximum absolute atomic E-state index is 9.57. The molecule has 2 rings (SSSR count). The van der Waals surface area contributed by atoms with E-state index in [9.17, 15) is 5.26 Å². The van der Waals surface area contributed by atoms with Gasteiger partial charge in [-0.3, -0.25) is 0 Å². The van der Waals surface area contributed by atoms with Crippen molar-refractivity contribution >= 4 is 0 Å². The second kappa shape index (κ2) is 9.67. The summed E-state index contributed by atoms with van der Waals surface area (Å²) < 4.78 is 5.59. The van der Waals surface area contributed by atoms with Gasteiger partial charge in [-0.2, -0.15) is 5.26 Å². The fourth-order valence-electron chi connectivity index (χ4n) is 4.88. The van der Waals surface area contributed by atoms with Gasteiger partial charge in [0.1, 0.15) is 0 Å². The molecular formula is C21H37NO. The molecule has 2 aliphatic carbocycles. The van der Waals surface area contributed by atoms with Crippen molar-refractivity contribution in [1.29, 1.82) is 5.26 Å². The molecule has 2 nitrogen and oxygen atoms in total. The van der Waals surface area contributed by atoms with Gasteiger partial charge >= 0.3 is 0 Å². The summed E-state index contributed by atoms with van der Waals surface area (Å²) in [5.41, 5.74) is -0.177. The topological polar surface area (TPSA) is 33.0 Å². The molecule has 0 bridgehead atoms. The summed E-state index contributed by atoms with van der Waals surface area (Å²) in [5.74, 6) is 2.84. The van der Waals surface area contributed by atoms with Gasteiger partial charge in [-0.25, -0.2) is 0 Å². The Hall–Kier alpha value is -0.550. The van der Waals surface area contributed by atoms with Crippen molar-refractivity contribution in [3.8, 4) is 6.07 Å². The summed E-state index contributed by atoms with van der Waals surface area (Å²) in [5, 5.41) is 9.57. The smallest absolute Gasteiger partial charge is 0.0807 e. The Labute approximate surface area is 144 Å². The lowest BCUT2D eigenvalue weighted by atomic mass is 9.65. The summed E-state index contributed by atoms with van der Waals surface area (Å²) in [6, 6.07) is 2.59. The number of nitriles is 1. The molecule has 132 valence electrons. The Morgan fingerprint density at radius 3 is 2.17 bits per heavy atom. The summed E-state index contributed by atoms with van der Waals surface area (Å²) in [4.78, 5) is 0. The van der Waals surface area contributed by atoms with Gasteiger partial charge in [0.15, 0.2) is 0 Å². The minimum Gasteiger partial charge on any atom is -0.380 e. The van der Waals surface area contributed by atoms with E-state index in [0.29, 0.717) is 6.61 Å². The van der Waals surface area contributed by atoms with Crippen LogP contribution >= 0.6 is 0 Å². The molecule has 2 aliphatic rings. The van der Waals surface area contributed by atoms with Crippen molar-refractivity contribution in [3.63, 3.8) is 0 Å². The zero-order chi connectivity index (χ0) is 16.5. The summed E-state index contributed by atoms with van der Waals surface area (Å²) in [7, 11) is 0. The second-order valence-electron chi connectivity index (χ2n) is 8.14. The fourth-order valence-corrected chi connectivity index (χ4v) is 4.88. The van der Waals surface area contributed by atoms with Gasteiger partial charge in [-0.05, 0) is 63.2 Å². The van der Waals surface area contributed by atoms with Crippen molar-refractivity contribution < 1.29 is 4.74 Å². The van der Waals surface area contributed by atoms with Gasteiger partial charge < -0.3 is 4.74 Å². The van der Waals surface area contributed by atoms with Crippen LogP contribution < -0.4 is 0 Å². The first kappa shape index (κ1) is 18.8. The predicted molar refractivity (Wildman–Crippen MR) is 96.1 cm³/mol. The first-order valence-electron chi connectivity index (χ1n) is 10.2. The van der Waals surface area contributed by atoms with Gasteiger partial charge in [-0.1, -0.05) is 45.4 Å². The maximum Gasteiger partial charge on any atom is 0.0807 e. The van der Waals surface area contributed by atoms with Gasteiger partial charge in [0, 0.05) is 6.61 Å². The molecule has 2 saturated carbocycles. The molecule has 2 fully saturated rings. The Kier molecular flexibility index (Phi) is 7.90. The molecule has 0 atom stereocenters. The van der Waals surface area contributed by atoms with Crippen LogP contribution in [0.2, 0.25) is 0 Å². The summed E-state index contributed by atoms with van der Waals surface area (Å²) in [6.07, 6.45) is 16.1. The molecule has 0 amide bonds. The second-order valence-corrected chi connectivity index (χ2v) is 8.14. The third-order valence-corrected chi connectivity index (χ3v) is 6.58. The lowest BCUT2D eigenvalue weighted by Gasteiger charge is -2.40. The number of unbranched alkanes of at least 4 members (excludes halogenated alkanes) is 2. The SMILES string of the molecule is CCCCCC1CCC([C@H]2CC[C@](C#N)(COCC)CC2)CC1. The Morgan fingerprint density at radius 1 is 0.957 bits per heavy atom. The predicted octanol–water partition coefficient (Wildman–Crippen LogP) is 6.11. The van der Waals surface area contributed by atoms with E-state index in [2.05, 4.69) is 13.0 Å². The highest BCUT2D eigenvalue weighted by Gasteiger charge is 2.38. The van der Waals surface area contributed by atoms with Crippen LogP contribution in [-0.4, -0.2) is 13.2 Å². The maximum atomic E-state index is 9.57. The molecule has 0 heterocycles. The quantitative estimate of drug-likeness (QED) is 0.506. The van der Waals surface area contributed by atoms with E-state index >= 15 is 0 Å². The highest BCUT2D eigenvalue weighted by Crippen LogP contribution is 2.46. The zero-order valence-corrected chi connectivity index (χ0v) is 15.5. The number of rotatable bonds is 8. The highest BCUT2D eigenvalue weighted by atomic mass is 16.5. The van der Waals surface area contributed by atoms with Crippen molar-refractivity contribution in [2.45, 2.75) is 90.9 Å². The van der Waals surface area contributed by atoms with E-state index in [4.69, 9.17) is 4.74 Å². The minimum absolute atomic E-state index is 0.177. The Balaban J connectivity index is 1.71. The molecule has 0 aromatic rings. The van der Waals surface area contributed by atoms with Gasteiger partial charge in [0.05, 0.1) is 18.1 Å². The number of ether oxygens (including phenoxy) is 1. The van der Waals surface area contributed by atoms with E-state index in [1.165, 1.54) is 64.2 Å². The monoisotopic (exact) mass is 319 g/mol. The largest absolute Gasteiger partial charge is 0.380 e. The fraction of sp³-hybridized carbons (Fsp3) is 0.952. The lowest BCUT2D eigenvalue weighted by molar-refractivity contribution is 0.0364. The van der Waals surface area contributed by atoms with Gasteiger partial charge in [0.25, 0.3) is 0 Å². The molecule has 0 aromatic carbocycles. The average Bonchev–Trinajstić information content (AvgIpc) is 2.61. The minimum atomic E-state index is -0.177. The van der Waals surface area contributed by atoms with E-state index in [-0.39, 0.29) is 5.41 Å². The normalized spacial score (nSPS) is 34.9. The number of hydrogen-bond acceptors (Lipinski definition) is 2. The lowest BCUT2D eigenvalue weighted by Crippen LogP contribution is -2.34. The van der Waals surface area contributed by atoms with Crippen LogP contribution in [0.15, 0.2) is 0 Å². The van der Waals surface area contributed by atoms with E-state index in [0.717, 1.165) is 37.2 Å². The van der Waals surface area contributed by atoms with Crippen LogP contribution in [0.4, 0.5) is 0 Å². The zero-order valence-electron chi connectivity index (χ0n) is 15.5. The van der Waals surface area contributed by atoms with Gasteiger partial charge in [-0.15, -0.1) is 0 Å². The molecule has 0 aliphatic heterocycles. The van der Waals surface area contributed by atoms with Crippen molar-refractivity contribution in [2.75, 3.05) is 13.2 Å². The third kappa shape index (κ3) is 5.49. The number of nitrogens with zero attached hydrogens (tertiary/aromatic N) is 1. The van der Waals surface area contributed by atoms with Crippen LogP contribution in [-0.2, 0) is 4.74 Å². The van der Waals surface area contributed by atoms with Crippen LogP contribution in [0.1, 0.15) is 90.9 Å². The molecule has 0 aromatic heterocycles. The highest BCUT2D eigenvalue weighted by molar-refractivity contribution is 5.02. The molecule has 0 N–H and O–H groups in total. The van der Waals surface area contributed by atoms with E-state index in [1.54, 1.807) is 0 Å². The molecule has 0 radical (unpaired) electrons. The number of hydrogen-bond donors (Lipinski definition) is 0. The van der Waals surface area contributed by atoms with Gasteiger partial charge in [0.2, 0.25) is 0 Å². The molecular weight excluding hydrogens is 282 g/mol. The first-order chi connectivity index (χ1) is 11.2. The molecule has 0 saturated heterocycles. The van der Waals surface area contributed by atoms with E-state index < -0.39 is 0 Å². The molecule has 23 heavy (non-hydrogen) atoms. The van der Waals surface area contributed by atoms with Crippen LogP contribution in [0, 0.1) is 34.5 Å². The van der Waals surface area contributed by atoms with E-state index in [1.807, 2.05) is 6.92 Å². The average molecular weight is 320 g/mol. The van der Waals surface area contributed by atoms with Crippen LogP contribution in [0.5, 0.6) is 0 Å². The van der Waals surface area contributed by atoms with Crippen molar-refractivity contribution in [2.24, 2.45) is 23.2 Å². The van der Waals surface area contributed by atoms with Crippen molar-refractivity contribution in [3.05, 3.63) is 0 Å². The molecule has 0 unspecified atom stereocenters. The Morgan fingerprint density at radius 2 is 1.61 bits per heavy atom. The van der Waals surface area contributed by atoms with Crippen molar-refractivity contribution in [1.82, 2.24) is 0 Å². The molecule has 0 spiro atoms. The Bertz CT molecular complexity index is 357. The van der Waals surface area contributed by atoms with Crippen LogP contribution in [0.3, 0.4) is 0 Å². The standard InChI is InChI=1S/C21H37NO/c1-3-5-6-7-18-8-10-19(11-9-18)20-12-14-21(16-22,15-13-20)17-23-4-2/h18-20H,3-15,17H2,1-2H3/t18?,19?,20-,21-. The summed E-state index contributed by atoms with van der Waals surface area (Å²) >= 11 is 0. The third-order valence-electron chi connectivity index (χ3n) is 6.58. The summed E-state index contributed by atoms with van der Waals surface area (Å²) in [6.45, 7) is 5.70.